The molecule has 2 atom stereocenters. The van der Waals surface area contributed by atoms with Gasteiger partial charge in [-0.1, -0.05) is 12.1 Å². The number of ether oxygens (including phenoxy) is 1. The van der Waals surface area contributed by atoms with Gasteiger partial charge in [0.1, 0.15) is 18.0 Å². The summed E-state index contributed by atoms with van der Waals surface area (Å²) in [4.78, 5) is 14.6. The first-order chi connectivity index (χ1) is 11.6. The molecule has 1 aliphatic heterocycles. The number of amides is 1. The molecular weight excluding hydrogens is 311 g/mol. The van der Waals surface area contributed by atoms with Gasteiger partial charge in [0.2, 0.25) is 5.91 Å². The summed E-state index contributed by atoms with van der Waals surface area (Å²) < 4.78 is 20.8. The molecule has 0 radical (unpaired) electrons. The number of carbonyl (C=O) groups is 1. The van der Waals surface area contributed by atoms with E-state index < -0.39 is 6.04 Å². The molecule has 1 fully saturated rings. The highest BCUT2D eigenvalue weighted by Crippen LogP contribution is 2.25. The maximum atomic E-state index is 13.4. The van der Waals surface area contributed by atoms with Gasteiger partial charge in [0.25, 0.3) is 0 Å². The van der Waals surface area contributed by atoms with Crippen LogP contribution in [0.15, 0.2) is 36.7 Å². The Morgan fingerprint density at radius 2 is 2.33 bits per heavy atom. The first-order valence-electron chi connectivity index (χ1n) is 7.90. The Hall–Kier alpha value is -2.25. The number of aryl methyl sites for hydroxylation is 1. The van der Waals surface area contributed by atoms with Crippen molar-refractivity contribution in [3.05, 3.63) is 53.6 Å². The van der Waals surface area contributed by atoms with Crippen LogP contribution in [-0.2, 0) is 16.6 Å². The fraction of sp³-hybridized carbons (Fsp3) is 0.412. The summed E-state index contributed by atoms with van der Waals surface area (Å²) in [5, 5.41) is 7.17. The quantitative estimate of drug-likeness (QED) is 0.920. The largest absolute Gasteiger partial charge is 0.370 e. The maximum absolute atomic E-state index is 13.4. The van der Waals surface area contributed by atoms with Gasteiger partial charge in [-0.05, 0) is 24.7 Å². The van der Waals surface area contributed by atoms with E-state index >= 15 is 0 Å². The summed E-state index contributed by atoms with van der Waals surface area (Å²) in [5.41, 5.74) is 1.56. The Labute approximate surface area is 140 Å². The molecular formula is C17H21FN4O2. The number of likely N-dealkylation sites (N-methyl/N-ethyl adjacent to an activating group) is 1. The lowest BCUT2D eigenvalue weighted by Crippen LogP contribution is -2.46. The highest BCUT2D eigenvalue weighted by atomic mass is 19.1. The van der Waals surface area contributed by atoms with E-state index in [4.69, 9.17) is 4.74 Å². The number of hydrogen-bond acceptors (Lipinski definition) is 4. The fourth-order valence-electron chi connectivity index (χ4n) is 2.96. The van der Waals surface area contributed by atoms with E-state index in [2.05, 4.69) is 10.4 Å². The summed E-state index contributed by atoms with van der Waals surface area (Å²) in [5.74, 6) is -0.335. The van der Waals surface area contributed by atoms with Crippen LogP contribution >= 0.6 is 0 Å². The van der Waals surface area contributed by atoms with Crippen LogP contribution in [0.4, 0.5) is 4.39 Å². The van der Waals surface area contributed by atoms with Crippen molar-refractivity contribution < 1.29 is 13.9 Å². The molecule has 0 aliphatic carbocycles. The summed E-state index contributed by atoms with van der Waals surface area (Å²) in [6.45, 7) is 1.35. The number of halogens is 1. The minimum atomic E-state index is -0.454. The topological polar surface area (TPSA) is 59.4 Å². The lowest BCUT2D eigenvalue weighted by atomic mass is 10.1. The number of morpholine rings is 1. The van der Waals surface area contributed by atoms with Crippen LogP contribution in [-0.4, -0.2) is 47.3 Å². The summed E-state index contributed by atoms with van der Waals surface area (Å²) in [6, 6.07) is 5.87. The average Bonchev–Trinajstić information content (AvgIpc) is 3.02. The SMILES string of the molecule is CNC(C(=O)N1CCOC(c2cccc(F)c2)C1)c1cnn(C)c1. The van der Waals surface area contributed by atoms with Crippen LogP contribution < -0.4 is 5.32 Å². The third-order valence-electron chi connectivity index (χ3n) is 4.19. The van der Waals surface area contributed by atoms with E-state index in [-0.39, 0.29) is 17.8 Å². The maximum Gasteiger partial charge on any atom is 0.244 e. The molecule has 128 valence electrons. The van der Waals surface area contributed by atoms with E-state index in [0.29, 0.717) is 19.7 Å². The second-order valence-electron chi connectivity index (χ2n) is 5.87. The molecule has 2 heterocycles. The molecule has 7 heteroatoms. The van der Waals surface area contributed by atoms with Crippen LogP contribution in [0.25, 0.3) is 0 Å². The minimum Gasteiger partial charge on any atom is -0.370 e. The van der Waals surface area contributed by atoms with Crippen LogP contribution in [0.5, 0.6) is 0 Å². The van der Waals surface area contributed by atoms with Crippen LogP contribution in [0.2, 0.25) is 0 Å². The standard InChI is InChI=1S/C17H21FN4O2/c1-19-16(13-9-20-21(2)10-13)17(23)22-6-7-24-15(11-22)12-4-3-5-14(18)8-12/h3-5,8-10,15-16,19H,6-7,11H2,1-2H3. The molecule has 24 heavy (non-hydrogen) atoms. The molecule has 2 aromatic rings. The summed E-state index contributed by atoms with van der Waals surface area (Å²) in [6.07, 6.45) is 3.19. The van der Waals surface area contributed by atoms with E-state index in [9.17, 15) is 9.18 Å². The van der Waals surface area contributed by atoms with E-state index in [0.717, 1.165) is 11.1 Å². The van der Waals surface area contributed by atoms with Gasteiger partial charge in [0.15, 0.2) is 0 Å². The first kappa shape index (κ1) is 16.6. The van der Waals surface area contributed by atoms with E-state index in [1.165, 1.54) is 12.1 Å². The van der Waals surface area contributed by atoms with Crippen molar-refractivity contribution in [2.75, 3.05) is 26.7 Å². The van der Waals surface area contributed by atoms with E-state index in [1.807, 2.05) is 19.3 Å². The van der Waals surface area contributed by atoms with Gasteiger partial charge in [-0.3, -0.25) is 9.48 Å². The second kappa shape index (κ2) is 7.11. The Bertz CT molecular complexity index is 718. The zero-order valence-corrected chi connectivity index (χ0v) is 13.8. The molecule has 6 nitrogen and oxygen atoms in total. The zero-order valence-electron chi connectivity index (χ0n) is 13.8. The third kappa shape index (κ3) is 3.47. The average molecular weight is 332 g/mol. The normalized spacial score (nSPS) is 19.3. The van der Waals surface area contributed by atoms with Gasteiger partial charge in [-0.25, -0.2) is 4.39 Å². The Kier molecular flexibility index (Phi) is 4.92. The van der Waals surface area contributed by atoms with Crippen molar-refractivity contribution in [3.63, 3.8) is 0 Å². The van der Waals surface area contributed by atoms with Crippen molar-refractivity contribution in [1.29, 1.82) is 0 Å². The molecule has 1 aromatic heterocycles. The predicted molar refractivity (Wildman–Crippen MR) is 86.7 cm³/mol. The lowest BCUT2D eigenvalue weighted by molar-refractivity contribution is -0.141. The van der Waals surface area contributed by atoms with Crippen LogP contribution in [0.1, 0.15) is 23.3 Å². The van der Waals surface area contributed by atoms with Gasteiger partial charge in [-0.15, -0.1) is 0 Å². The molecule has 0 bridgehead atoms. The predicted octanol–water partition coefficient (Wildman–Crippen LogP) is 1.42. The number of carbonyl (C=O) groups excluding carboxylic acids is 1. The number of rotatable bonds is 4. The number of nitrogens with zero attached hydrogens (tertiary/aromatic N) is 3. The van der Waals surface area contributed by atoms with Gasteiger partial charge in [0.05, 0.1) is 19.3 Å². The van der Waals surface area contributed by atoms with Crippen LogP contribution in [0.3, 0.4) is 0 Å². The molecule has 2 unspecified atom stereocenters. The van der Waals surface area contributed by atoms with Crippen molar-refractivity contribution in [1.82, 2.24) is 20.0 Å². The third-order valence-corrected chi connectivity index (χ3v) is 4.19. The lowest BCUT2D eigenvalue weighted by Gasteiger charge is -2.35. The van der Waals surface area contributed by atoms with Crippen molar-refractivity contribution in [2.45, 2.75) is 12.1 Å². The monoisotopic (exact) mass is 332 g/mol. The van der Waals surface area contributed by atoms with Crippen LogP contribution in [0, 0.1) is 5.82 Å². The molecule has 1 saturated heterocycles. The highest BCUT2D eigenvalue weighted by molar-refractivity contribution is 5.83. The Morgan fingerprint density at radius 1 is 1.50 bits per heavy atom. The molecule has 1 aliphatic rings. The smallest absolute Gasteiger partial charge is 0.244 e. The summed E-state index contributed by atoms with van der Waals surface area (Å²) >= 11 is 0. The number of aromatic nitrogens is 2. The fourth-order valence-corrected chi connectivity index (χ4v) is 2.96. The van der Waals surface area contributed by atoms with Gasteiger partial charge in [0, 0.05) is 25.4 Å². The Morgan fingerprint density at radius 3 is 3.00 bits per heavy atom. The zero-order chi connectivity index (χ0) is 17.1. The molecule has 0 spiro atoms. The molecule has 1 amide bonds. The number of benzene rings is 1. The number of nitrogens with one attached hydrogen (secondary N) is 1. The number of hydrogen-bond donors (Lipinski definition) is 1. The summed E-state index contributed by atoms with van der Waals surface area (Å²) in [7, 11) is 3.56. The molecule has 0 saturated carbocycles. The molecule has 3 rings (SSSR count). The highest BCUT2D eigenvalue weighted by Gasteiger charge is 2.30. The Balaban J connectivity index is 1.74. The van der Waals surface area contributed by atoms with E-state index in [1.54, 1.807) is 28.9 Å². The van der Waals surface area contributed by atoms with Gasteiger partial charge in [-0.2, -0.15) is 5.10 Å². The van der Waals surface area contributed by atoms with Gasteiger partial charge < -0.3 is 15.0 Å². The van der Waals surface area contributed by atoms with Crippen molar-refractivity contribution in [2.24, 2.45) is 7.05 Å². The van der Waals surface area contributed by atoms with Gasteiger partial charge >= 0.3 is 0 Å². The first-order valence-corrected chi connectivity index (χ1v) is 7.90. The van der Waals surface area contributed by atoms with Crippen molar-refractivity contribution >= 4 is 5.91 Å². The second-order valence-corrected chi connectivity index (χ2v) is 5.87. The minimum absolute atomic E-state index is 0.0322. The molecule has 1 N–H and O–H groups in total. The molecule has 1 aromatic carbocycles. The van der Waals surface area contributed by atoms with Crippen molar-refractivity contribution in [3.8, 4) is 0 Å².